The van der Waals surface area contributed by atoms with E-state index < -0.39 is 0 Å². The second-order valence-electron chi connectivity index (χ2n) is 5.87. The van der Waals surface area contributed by atoms with Gasteiger partial charge in [0.25, 0.3) is 0 Å². The van der Waals surface area contributed by atoms with Crippen molar-refractivity contribution in [2.24, 2.45) is 0 Å². The van der Waals surface area contributed by atoms with Crippen LogP contribution in [-0.4, -0.2) is 34.2 Å². The van der Waals surface area contributed by atoms with Crippen LogP contribution in [-0.2, 0) is 33.6 Å². The topological polar surface area (TPSA) is 105 Å². The number of hydrogen-bond acceptors (Lipinski definition) is 8. The molecule has 0 aliphatic heterocycles. The molecule has 0 bridgehead atoms. The van der Waals surface area contributed by atoms with Crippen molar-refractivity contribution in [1.82, 2.24) is 9.97 Å². The molecule has 140 valence electrons. The molecule has 9 heteroatoms. The number of pyridine rings is 1. The van der Waals surface area contributed by atoms with E-state index in [1.165, 1.54) is 23.1 Å². The van der Waals surface area contributed by atoms with Crippen molar-refractivity contribution in [3.8, 4) is 6.07 Å². The molecule has 1 aliphatic rings. The number of hydrogen-bond donors (Lipinski definition) is 1. The van der Waals surface area contributed by atoms with Gasteiger partial charge in [-0.25, -0.2) is 9.97 Å². The fourth-order valence-electron chi connectivity index (χ4n) is 2.74. The predicted octanol–water partition coefficient (Wildman–Crippen LogP) is 2.73. The van der Waals surface area contributed by atoms with Gasteiger partial charge in [0, 0.05) is 11.1 Å². The monoisotopic (exact) mass is 402 g/mol. The van der Waals surface area contributed by atoms with Crippen LogP contribution >= 0.6 is 23.1 Å². The largest absolute Gasteiger partial charge is 0.466 e. The van der Waals surface area contributed by atoms with Gasteiger partial charge in [-0.3, -0.25) is 9.59 Å². The van der Waals surface area contributed by atoms with Crippen LogP contribution in [0.1, 0.15) is 35.9 Å². The van der Waals surface area contributed by atoms with Gasteiger partial charge in [0.2, 0.25) is 5.91 Å². The Morgan fingerprint density at radius 3 is 3.04 bits per heavy atom. The van der Waals surface area contributed by atoms with Crippen LogP contribution < -0.4 is 5.32 Å². The molecule has 0 aromatic carbocycles. The van der Waals surface area contributed by atoms with Crippen LogP contribution in [0.2, 0.25) is 0 Å². The van der Waals surface area contributed by atoms with Crippen LogP contribution in [0.15, 0.2) is 16.5 Å². The van der Waals surface area contributed by atoms with E-state index in [0.29, 0.717) is 28.0 Å². The third-order valence-corrected chi connectivity index (χ3v) is 5.70. The standard InChI is InChI=1S/C18H18N4O3S2/c1-2-25-16(24)7-13-9-27-18(20-13)22-15(23)10-26-17-12(8-19)6-11-4-3-5-14(11)21-17/h6,9H,2-5,7,10H2,1H3,(H,20,22,23). The maximum absolute atomic E-state index is 12.2. The van der Waals surface area contributed by atoms with Crippen molar-refractivity contribution in [3.63, 3.8) is 0 Å². The van der Waals surface area contributed by atoms with Crippen molar-refractivity contribution < 1.29 is 14.3 Å². The second kappa shape index (κ2) is 8.97. The summed E-state index contributed by atoms with van der Waals surface area (Å²) in [5.41, 5.74) is 3.24. The Balaban J connectivity index is 1.56. The summed E-state index contributed by atoms with van der Waals surface area (Å²) in [6, 6.07) is 4.05. The lowest BCUT2D eigenvalue weighted by Gasteiger charge is -2.06. The lowest BCUT2D eigenvalue weighted by Crippen LogP contribution is -2.14. The van der Waals surface area contributed by atoms with E-state index in [9.17, 15) is 14.9 Å². The molecule has 1 N–H and O–H groups in total. The van der Waals surface area contributed by atoms with Crippen LogP contribution in [0.3, 0.4) is 0 Å². The normalized spacial score (nSPS) is 12.3. The number of esters is 1. The van der Waals surface area contributed by atoms with Crippen LogP contribution in [0.5, 0.6) is 0 Å². The van der Waals surface area contributed by atoms with Crippen molar-refractivity contribution in [2.75, 3.05) is 17.7 Å². The fourth-order valence-corrected chi connectivity index (χ4v) is 4.24. The number of amides is 1. The minimum atomic E-state index is -0.344. The van der Waals surface area contributed by atoms with Gasteiger partial charge >= 0.3 is 5.97 Å². The molecule has 0 atom stereocenters. The van der Waals surface area contributed by atoms with Gasteiger partial charge in [-0.15, -0.1) is 11.3 Å². The molecular weight excluding hydrogens is 384 g/mol. The molecule has 7 nitrogen and oxygen atoms in total. The molecule has 0 saturated heterocycles. The summed E-state index contributed by atoms with van der Waals surface area (Å²) >= 11 is 2.50. The number of fused-ring (bicyclic) bond motifs is 1. The number of nitrogens with zero attached hydrogens (tertiary/aromatic N) is 3. The highest BCUT2D eigenvalue weighted by Gasteiger charge is 2.18. The first kappa shape index (κ1) is 19.3. The zero-order chi connectivity index (χ0) is 19.2. The summed E-state index contributed by atoms with van der Waals surface area (Å²) in [6.45, 7) is 2.07. The average molecular weight is 403 g/mol. The van der Waals surface area contributed by atoms with E-state index in [-0.39, 0.29) is 24.1 Å². The number of rotatable bonds is 7. The summed E-state index contributed by atoms with van der Waals surface area (Å²) in [6.07, 6.45) is 3.02. The molecule has 0 fully saturated rings. The number of thiazole rings is 1. The Hall–Kier alpha value is -2.44. The van der Waals surface area contributed by atoms with E-state index in [0.717, 1.165) is 30.5 Å². The minimum absolute atomic E-state index is 0.0829. The molecule has 0 saturated carbocycles. The van der Waals surface area contributed by atoms with E-state index in [1.54, 1.807) is 12.3 Å². The first-order valence-electron chi connectivity index (χ1n) is 8.54. The van der Waals surface area contributed by atoms with Gasteiger partial charge in [-0.1, -0.05) is 11.8 Å². The zero-order valence-corrected chi connectivity index (χ0v) is 16.4. The van der Waals surface area contributed by atoms with Crippen molar-refractivity contribution in [2.45, 2.75) is 37.6 Å². The van der Waals surface area contributed by atoms with Crippen molar-refractivity contribution in [1.29, 1.82) is 5.26 Å². The number of anilines is 1. The molecule has 1 amide bonds. The number of nitriles is 1. The van der Waals surface area contributed by atoms with Crippen LogP contribution in [0, 0.1) is 11.3 Å². The van der Waals surface area contributed by atoms with Crippen molar-refractivity contribution >= 4 is 40.1 Å². The quantitative estimate of drug-likeness (QED) is 0.561. The maximum Gasteiger partial charge on any atom is 0.311 e. The smallest absolute Gasteiger partial charge is 0.311 e. The van der Waals surface area contributed by atoms with Crippen LogP contribution in [0.25, 0.3) is 0 Å². The Labute approximate surface area is 165 Å². The van der Waals surface area contributed by atoms with Gasteiger partial charge in [0.1, 0.15) is 11.1 Å². The molecule has 1 aliphatic carbocycles. The molecule has 2 heterocycles. The number of aromatic nitrogens is 2. The molecular formula is C18H18N4O3S2. The third-order valence-electron chi connectivity index (χ3n) is 3.91. The molecule has 0 unspecified atom stereocenters. The Kier molecular flexibility index (Phi) is 6.42. The fraction of sp³-hybridized carbons (Fsp3) is 0.389. The molecule has 27 heavy (non-hydrogen) atoms. The van der Waals surface area contributed by atoms with E-state index in [1.807, 2.05) is 6.07 Å². The summed E-state index contributed by atoms with van der Waals surface area (Å²) in [4.78, 5) is 32.4. The summed E-state index contributed by atoms with van der Waals surface area (Å²) in [5, 5.41) is 14.8. The molecule has 3 rings (SSSR count). The lowest BCUT2D eigenvalue weighted by atomic mass is 10.2. The predicted molar refractivity (Wildman–Crippen MR) is 103 cm³/mol. The Morgan fingerprint density at radius 2 is 2.26 bits per heavy atom. The van der Waals surface area contributed by atoms with Gasteiger partial charge in [0.05, 0.1) is 30.0 Å². The highest BCUT2D eigenvalue weighted by atomic mass is 32.2. The van der Waals surface area contributed by atoms with E-state index in [2.05, 4.69) is 21.4 Å². The highest BCUT2D eigenvalue weighted by molar-refractivity contribution is 8.00. The first-order chi connectivity index (χ1) is 13.1. The SMILES string of the molecule is CCOC(=O)Cc1csc(NC(=O)CSc2nc3c(cc2C#N)CCC3)n1. The molecule has 0 spiro atoms. The first-order valence-corrected chi connectivity index (χ1v) is 10.4. The molecule has 2 aromatic rings. The minimum Gasteiger partial charge on any atom is -0.466 e. The number of thioether (sulfide) groups is 1. The van der Waals surface area contributed by atoms with Gasteiger partial charge in [0.15, 0.2) is 5.13 Å². The number of carbonyl (C=O) groups is 2. The van der Waals surface area contributed by atoms with Crippen LogP contribution in [0.4, 0.5) is 5.13 Å². The maximum atomic E-state index is 12.2. The highest BCUT2D eigenvalue weighted by Crippen LogP contribution is 2.28. The number of aryl methyl sites for hydroxylation is 2. The molecule has 0 radical (unpaired) electrons. The number of ether oxygens (including phenoxy) is 1. The lowest BCUT2D eigenvalue weighted by molar-refractivity contribution is -0.142. The average Bonchev–Trinajstić information content (AvgIpc) is 3.27. The third kappa shape index (κ3) is 5.05. The summed E-state index contributed by atoms with van der Waals surface area (Å²) in [5.74, 6) is -0.445. The number of carbonyl (C=O) groups excluding carboxylic acids is 2. The van der Waals surface area contributed by atoms with E-state index in [4.69, 9.17) is 4.74 Å². The van der Waals surface area contributed by atoms with Gasteiger partial charge < -0.3 is 10.1 Å². The number of nitrogens with one attached hydrogen (secondary N) is 1. The zero-order valence-electron chi connectivity index (χ0n) is 14.8. The summed E-state index contributed by atoms with van der Waals surface area (Å²) in [7, 11) is 0. The second-order valence-corrected chi connectivity index (χ2v) is 7.70. The van der Waals surface area contributed by atoms with Gasteiger partial charge in [-0.2, -0.15) is 5.26 Å². The Bertz CT molecular complexity index is 904. The van der Waals surface area contributed by atoms with E-state index >= 15 is 0 Å². The van der Waals surface area contributed by atoms with Crippen molar-refractivity contribution in [3.05, 3.63) is 34.0 Å². The molecule has 2 aromatic heterocycles. The summed E-state index contributed by atoms with van der Waals surface area (Å²) < 4.78 is 4.88. The Morgan fingerprint density at radius 1 is 1.41 bits per heavy atom. The van der Waals surface area contributed by atoms with Gasteiger partial charge in [-0.05, 0) is 37.8 Å².